The summed E-state index contributed by atoms with van der Waals surface area (Å²) in [6.07, 6.45) is 0. The molecule has 0 saturated carbocycles. The molecule has 3 N–H and O–H groups in total. The topological polar surface area (TPSA) is 72.1 Å². The molecular weight excluding hydrogens is 220 g/mol. The van der Waals surface area contributed by atoms with E-state index in [-0.39, 0.29) is 0 Å². The Bertz CT molecular complexity index is 202. The SMILES string of the molecule is COCCN(CCOC)C(=NCC(C)C)NN. The maximum absolute atomic E-state index is 5.50. The first-order valence-electron chi connectivity index (χ1n) is 5.89. The summed E-state index contributed by atoms with van der Waals surface area (Å²) in [5, 5.41) is 0. The van der Waals surface area contributed by atoms with E-state index in [1.54, 1.807) is 14.2 Å². The molecule has 0 unspecified atom stereocenters. The minimum atomic E-state index is 0.505. The highest BCUT2D eigenvalue weighted by Crippen LogP contribution is 1.96. The number of hydrogen-bond donors (Lipinski definition) is 2. The summed E-state index contributed by atoms with van der Waals surface area (Å²) in [7, 11) is 3.35. The fourth-order valence-corrected chi connectivity index (χ4v) is 1.23. The van der Waals surface area contributed by atoms with Crippen molar-refractivity contribution >= 4 is 5.96 Å². The van der Waals surface area contributed by atoms with Gasteiger partial charge in [-0.1, -0.05) is 13.8 Å². The van der Waals surface area contributed by atoms with E-state index in [1.165, 1.54) is 0 Å². The summed E-state index contributed by atoms with van der Waals surface area (Å²) < 4.78 is 10.1. The highest BCUT2D eigenvalue weighted by Gasteiger charge is 2.09. The van der Waals surface area contributed by atoms with Crippen molar-refractivity contribution in [1.29, 1.82) is 0 Å². The largest absolute Gasteiger partial charge is 0.383 e. The Morgan fingerprint density at radius 2 is 1.76 bits per heavy atom. The van der Waals surface area contributed by atoms with E-state index in [0.717, 1.165) is 19.6 Å². The minimum Gasteiger partial charge on any atom is -0.383 e. The zero-order valence-electron chi connectivity index (χ0n) is 11.4. The van der Waals surface area contributed by atoms with Gasteiger partial charge in [-0.05, 0) is 5.92 Å². The van der Waals surface area contributed by atoms with E-state index in [4.69, 9.17) is 15.3 Å². The normalized spacial score (nSPS) is 12.0. The molecule has 0 spiro atoms. The van der Waals surface area contributed by atoms with Crippen LogP contribution in [-0.4, -0.2) is 57.9 Å². The monoisotopic (exact) mass is 246 g/mol. The van der Waals surface area contributed by atoms with E-state index < -0.39 is 0 Å². The second-order valence-electron chi connectivity index (χ2n) is 4.18. The van der Waals surface area contributed by atoms with Crippen LogP contribution < -0.4 is 11.3 Å². The van der Waals surface area contributed by atoms with Crippen LogP contribution in [0.4, 0.5) is 0 Å². The van der Waals surface area contributed by atoms with Crippen LogP contribution in [0, 0.1) is 5.92 Å². The van der Waals surface area contributed by atoms with Gasteiger partial charge in [0.15, 0.2) is 0 Å². The van der Waals surface area contributed by atoms with E-state index in [9.17, 15) is 0 Å². The first-order valence-corrected chi connectivity index (χ1v) is 5.89. The molecule has 6 heteroatoms. The van der Waals surface area contributed by atoms with Gasteiger partial charge in [-0.3, -0.25) is 10.4 Å². The Morgan fingerprint density at radius 1 is 1.24 bits per heavy atom. The molecule has 0 fully saturated rings. The molecule has 0 bridgehead atoms. The Morgan fingerprint density at radius 3 is 2.12 bits per heavy atom. The summed E-state index contributed by atoms with van der Waals surface area (Å²) >= 11 is 0. The average Bonchev–Trinajstić information content (AvgIpc) is 2.31. The molecule has 6 nitrogen and oxygen atoms in total. The molecule has 0 atom stereocenters. The number of guanidine groups is 1. The quantitative estimate of drug-likeness (QED) is 0.274. The van der Waals surface area contributed by atoms with Crippen LogP contribution in [-0.2, 0) is 9.47 Å². The number of ether oxygens (including phenoxy) is 2. The van der Waals surface area contributed by atoms with Gasteiger partial charge in [0.1, 0.15) is 0 Å². The van der Waals surface area contributed by atoms with Crippen LogP contribution >= 0.6 is 0 Å². The van der Waals surface area contributed by atoms with Gasteiger partial charge in [0.2, 0.25) is 5.96 Å². The Hall–Kier alpha value is -0.850. The van der Waals surface area contributed by atoms with Crippen LogP contribution in [0.1, 0.15) is 13.8 Å². The van der Waals surface area contributed by atoms with Crippen molar-refractivity contribution < 1.29 is 9.47 Å². The second-order valence-corrected chi connectivity index (χ2v) is 4.18. The van der Waals surface area contributed by atoms with Crippen molar-refractivity contribution in [3.63, 3.8) is 0 Å². The minimum absolute atomic E-state index is 0.505. The summed E-state index contributed by atoms with van der Waals surface area (Å²) in [5.74, 6) is 6.69. The fourth-order valence-electron chi connectivity index (χ4n) is 1.23. The van der Waals surface area contributed by atoms with Gasteiger partial charge < -0.3 is 14.4 Å². The van der Waals surface area contributed by atoms with Gasteiger partial charge >= 0.3 is 0 Å². The lowest BCUT2D eigenvalue weighted by Gasteiger charge is -2.25. The third kappa shape index (κ3) is 7.95. The fraction of sp³-hybridized carbons (Fsp3) is 0.909. The Labute approximate surface area is 104 Å². The van der Waals surface area contributed by atoms with Gasteiger partial charge in [0.05, 0.1) is 13.2 Å². The van der Waals surface area contributed by atoms with Crippen molar-refractivity contribution in [2.45, 2.75) is 13.8 Å². The van der Waals surface area contributed by atoms with Crippen molar-refractivity contribution in [3.05, 3.63) is 0 Å². The van der Waals surface area contributed by atoms with Gasteiger partial charge in [-0.25, -0.2) is 5.84 Å². The van der Waals surface area contributed by atoms with Crippen LogP contribution in [0.5, 0.6) is 0 Å². The highest BCUT2D eigenvalue weighted by atomic mass is 16.5. The Balaban J connectivity index is 4.41. The summed E-state index contributed by atoms with van der Waals surface area (Å²) in [4.78, 5) is 6.47. The molecule has 0 radical (unpaired) electrons. The highest BCUT2D eigenvalue weighted by molar-refractivity contribution is 5.79. The molecule has 0 aliphatic heterocycles. The predicted octanol–water partition coefficient (Wildman–Crippen LogP) is 0.0565. The molecule has 0 aromatic heterocycles. The van der Waals surface area contributed by atoms with Crippen LogP contribution in [0.15, 0.2) is 4.99 Å². The third-order valence-electron chi connectivity index (χ3n) is 2.17. The predicted molar refractivity (Wildman–Crippen MR) is 69.8 cm³/mol. The lowest BCUT2D eigenvalue weighted by Crippen LogP contribution is -2.47. The summed E-state index contributed by atoms with van der Waals surface area (Å²) in [5.41, 5.74) is 2.64. The van der Waals surface area contributed by atoms with Gasteiger partial charge in [-0.2, -0.15) is 0 Å². The molecule has 0 saturated heterocycles. The van der Waals surface area contributed by atoms with E-state index in [2.05, 4.69) is 24.3 Å². The number of rotatable bonds is 8. The first-order chi connectivity index (χ1) is 8.15. The molecule has 0 aromatic carbocycles. The molecule has 0 amide bonds. The van der Waals surface area contributed by atoms with Gasteiger partial charge in [0, 0.05) is 33.9 Å². The zero-order valence-corrected chi connectivity index (χ0v) is 11.4. The number of nitrogens with zero attached hydrogens (tertiary/aromatic N) is 2. The first kappa shape index (κ1) is 16.1. The maximum Gasteiger partial charge on any atom is 0.208 e. The van der Waals surface area contributed by atoms with Crippen LogP contribution in [0.25, 0.3) is 0 Å². The molecule has 102 valence electrons. The number of hydrazine groups is 1. The van der Waals surface area contributed by atoms with E-state index in [1.807, 2.05) is 4.90 Å². The van der Waals surface area contributed by atoms with Crippen molar-refractivity contribution in [2.75, 3.05) is 47.1 Å². The van der Waals surface area contributed by atoms with Crippen LogP contribution in [0.3, 0.4) is 0 Å². The number of hydrogen-bond acceptors (Lipinski definition) is 4. The lowest BCUT2D eigenvalue weighted by atomic mass is 10.2. The lowest BCUT2D eigenvalue weighted by molar-refractivity contribution is 0.144. The van der Waals surface area contributed by atoms with Gasteiger partial charge in [0.25, 0.3) is 0 Å². The summed E-state index contributed by atoms with van der Waals surface area (Å²) in [6, 6.07) is 0. The van der Waals surface area contributed by atoms with Crippen molar-refractivity contribution in [3.8, 4) is 0 Å². The van der Waals surface area contributed by atoms with Crippen molar-refractivity contribution in [1.82, 2.24) is 10.3 Å². The number of nitrogens with two attached hydrogens (primary N) is 1. The van der Waals surface area contributed by atoms with Crippen LogP contribution in [0.2, 0.25) is 0 Å². The van der Waals surface area contributed by atoms with Gasteiger partial charge in [-0.15, -0.1) is 0 Å². The summed E-state index contributed by atoms with van der Waals surface area (Å²) in [6.45, 7) is 7.72. The number of nitrogens with one attached hydrogen (secondary N) is 1. The molecule has 0 aliphatic rings. The average molecular weight is 246 g/mol. The molecular formula is C11H26N4O2. The molecule has 0 aromatic rings. The van der Waals surface area contributed by atoms with Crippen molar-refractivity contribution in [2.24, 2.45) is 16.8 Å². The van der Waals surface area contributed by atoms with E-state index in [0.29, 0.717) is 25.1 Å². The third-order valence-corrected chi connectivity index (χ3v) is 2.17. The number of methoxy groups -OCH3 is 2. The Kier molecular flexibility index (Phi) is 9.80. The standard InChI is InChI=1S/C11H26N4O2/c1-10(2)9-13-11(14-12)15(5-7-16-3)6-8-17-4/h10H,5-9,12H2,1-4H3,(H,13,14). The maximum atomic E-state index is 5.50. The molecule has 17 heavy (non-hydrogen) atoms. The zero-order chi connectivity index (χ0) is 13.1. The molecule has 0 heterocycles. The number of aliphatic imine (C=N–C) groups is 1. The molecule has 0 aliphatic carbocycles. The van der Waals surface area contributed by atoms with E-state index >= 15 is 0 Å². The smallest absolute Gasteiger partial charge is 0.208 e. The second kappa shape index (κ2) is 10.3. The molecule has 0 rings (SSSR count).